The molecule has 0 fully saturated rings. The van der Waals surface area contributed by atoms with E-state index in [9.17, 15) is 9.90 Å². The summed E-state index contributed by atoms with van der Waals surface area (Å²) in [5, 5.41) is 18.6. The maximum absolute atomic E-state index is 10.8. The van der Waals surface area contributed by atoms with Gasteiger partial charge in [0.25, 0.3) is 0 Å². The molecule has 0 spiro atoms. The predicted octanol–water partition coefficient (Wildman–Crippen LogP) is 2.41. The van der Waals surface area contributed by atoms with Crippen molar-refractivity contribution in [2.45, 2.75) is 0 Å². The van der Waals surface area contributed by atoms with E-state index >= 15 is 0 Å². The molecule has 1 aromatic carbocycles. The Kier molecular flexibility index (Phi) is 2.45. The topological polar surface area (TPSA) is 74.8 Å². The Labute approximate surface area is 108 Å². The van der Waals surface area contributed by atoms with Gasteiger partial charge >= 0.3 is 5.97 Å². The third-order valence-electron chi connectivity index (χ3n) is 2.94. The van der Waals surface area contributed by atoms with Crippen LogP contribution >= 0.6 is 0 Å². The van der Waals surface area contributed by atoms with Crippen LogP contribution in [-0.2, 0) is 0 Å². The highest BCUT2D eigenvalue weighted by Gasteiger charge is 2.09. The summed E-state index contributed by atoms with van der Waals surface area (Å²) in [4.78, 5) is 15.1. The standard InChI is InChI=1S/C14H10N2O3/c17-12-2-1-7-16-11(12)8-15-13(16)9-3-5-10(6-4-9)14(18)19/h1-8,17H,(H,18,19). The number of carboxylic acid groups (broad SMARTS) is 1. The minimum absolute atomic E-state index is 0.156. The molecule has 5 nitrogen and oxygen atoms in total. The first-order valence-electron chi connectivity index (χ1n) is 5.65. The van der Waals surface area contributed by atoms with Crippen LogP contribution in [-0.4, -0.2) is 25.6 Å². The van der Waals surface area contributed by atoms with Gasteiger partial charge in [0.15, 0.2) is 0 Å². The highest BCUT2D eigenvalue weighted by atomic mass is 16.4. The third kappa shape index (κ3) is 1.81. The smallest absolute Gasteiger partial charge is 0.335 e. The number of carboxylic acids is 1. The van der Waals surface area contributed by atoms with Crippen LogP contribution in [0.5, 0.6) is 5.75 Å². The van der Waals surface area contributed by atoms with Gasteiger partial charge in [-0.25, -0.2) is 9.78 Å². The Balaban J connectivity index is 2.14. The Morgan fingerprint density at radius 2 is 1.89 bits per heavy atom. The van der Waals surface area contributed by atoms with Crippen molar-refractivity contribution in [2.24, 2.45) is 0 Å². The molecule has 94 valence electrons. The summed E-state index contributed by atoms with van der Waals surface area (Å²) >= 11 is 0. The molecular weight excluding hydrogens is 244 g/mol. The Morgan fingerprint density at radius 3 is 2.58 bits per heavy atom. The summed E-state index contributed by atoms with van der Waals surface area (Å²) in [6.45, 7) is 0. The second kappa shape index (κ2) is 4.13. The van der Waals surface area contributed by atoms with E-state index in [-0.39, 0.29) is 11.3 Å². The lowest BCUT2D eigenvalue weighted by molar-refractivity contribution is 0.0697. The number of aromatic nitrogens is 2. The van der Waals surface area contributed by atoms with Crippen molar-refractivity contribution in [1.82, 2.24) is 9.38 Å². The van der Waals surface area contributed by atoms with Gasteiger partial charge in [-0.15, -0.1) is 0 Å². The molecule has 0 amide bonds. The van der Waals surface area contributed by atoms with Gasteiger partial charge in [-0.05, 0) is 24.3 Å². The quantitative estimate of drug-likeness (QED) is 0.736. The summed E-state index contributed by atoms with van der Waals surface area (Å²) in [5.41, 5.74) is 1.63. The molecule has 2 aromatic heterocycles. The lowest BCUT2D eigenvalue weighted by Gasteiger charge is -2.02. The van der Waals surface area contributed by atoms with E-state index in [1.54, 1.807) is 41.1 Å². The van der Waals surface area contributed by atoms with Crippen LogP contribution in [0.3, 0.4) is 0 Å². The summed E-state index contributed by atoms with van der Waals surface area (Å²) in [6.07, 6.45) is 3.37. The number of aromatic carboxylic acids is 1. The van der Waals surface area contributed by atoms with Crippen molar-refractivity contribution in [2.75, 3.05) is 0 Å². The molecule has 0 radical (unpaired) electrons. The van der Waals surface area contributed by atoms with Crippen LogP contribution in [0.25, 0.3) is 16.9 Å². The SMILES string of the molecule is O=C(O)c1ccc(-c2ncc3c(O)cccn23)cc1. The molecule has 5 heteroatoms. The maximum atomic E-state index is 10.8. The van der Waals surface area contributed by atoms with Crippen LogP contribution in [0.15, 0.2) is 48.8 Å². The van der Waals surface area contributed by atoms with Crippen molar-refractivity contribution in [1.29, 1.82) is 0 Å². The first-order chi connectivity index (χ1) is 9.16. The van der Waals surface area contributed by atoms with Gasteiger partial charge in [0, 0.05) is 11.8 Å². The van der Waals surface area contributed by atoms with Crippen LogP contribution in [0, 0.1) is 0 Å². The van der Waals surface area contributed by atoms with E-state index in [1.165, 1.54) is 12.1 Å². The van der Waals surface area contributed by atoms with E-state index in [2.05, 4.69) is 4.98 Å². The third-order valence-corrected chi connectivity index (χ3v) is 2.94. The fourth-order valence-corrected chi connectivity index (χ4v) is 1.98. The zero-order chi connectivity index (χ0) is 13.4. The average Bonchev–Trinajstić information content (AvgIpc) is 2.84. The first kappa shape index (κ1) is 11.3. The monoisotopic (exact) mass is 254 g/mol. The number of nitrogens with zero attached hydrogens (tertiary/aromatic N) is 2. The van der Waals surface area contributed by atoms with Crippen molar-refractivity contribution < 1.29 is 15.0 Å². The van der Waals surface area contributed by atoms with Gasteiger partial charge in [0.05, 0.1) is 11.8 Å². The molecule has 19 heavy (non-hydrogen) atoms. The molecule has 0 atom stereocenters. The maximum Gasteiger partial charge on any atom is 0.335 e. The Bertz CT molecular complexity index is 760. The molecule has 3 rings (SSSR count). The minimum atomic E-state index is -0.961. The zero-order valence-electron chi connectivity index (χ0n) is 9.82. The van der Waals surface area contributed by atoms with Crippen LogP contribution < -0.4 is 0 Å². The van der Waals surface area contributed by atoms with E-state index in [0.29, 0.717) is 11.3 Å². The number of imidazole rings is 1. The van der Waals surface area contributed by atoms with Crippen LogP contribution in [0.2, 0.25) is 0 Å². The Morgan fingerprint density at radius 1 is 1.16 bits per heavy atom. The molecule has 0 unspecified atom stereocenters. The number of fused-ring (bicyclic) bond motifs is 1. The molecule has 0 aliphatic rings. The van der Waals surface area contributed by atoms with Crippen LogP contribution in [0.4, 0.5) is 0 Å². The Hall–Kier alpha value is -2.82. The van der Waals surface area contributed by atoms with Crippen molar-refractivity contribution in [3.05, 3.63) is 54.4 Å². The number of benzene rings is 1. The number of carbonyl (C=O) groups is 1. The molecule has 0 saturated carbocycles. The van der Waals surface area contributed by atoms with Gasteiger partial charge in [-0.1, -0.05) is 12.1 Å². The highest BCUT2D eigenvalue weighted by molar-refractivity contribution is 5.88. The largest absolute Gasteiger partial charge is 0.506 e. The summed E-state index contributed by atoms with van der Waals surface area (Å²) < 4.78 is 1.76. The summed E-state index contributed by atoms with van der Waals surface area (Å²) in [7, 11) is 0. The fourth-order valence-electron chi connectivity index (χ4n) is 1.98. The highest BCUT2D eigenvalue weighted by Crippen LogP contribution is 2.24. The van der Waals surface area contributed by atoms with E-state index in [4.69, 9.17) is 5.11 Å². The summed E-state index contributed by atoms with van der Waals surface area (Å²) in [6, 6.07) is 9.76. The number of pyridine rings is 1. The number of rotatable bonds is 2. The lowest BCUT2D eigenvalue weighted by atomic mass is 10.1. The molecule has 0 aliphatic carbocycles. The zero-order valence-corrected chi connectivity index (χ0v) is 9.82. The number of hydrogen-bond acceptors (Lipinski definition) is 3. The first-order valence-corrected chi connectivity index (χ1v) is 5.65. The van der Waals surface area contributed by atoms with E-state index in [1.807, 2.05) is 0 Å². The second-order valence-corrected chi connectivity index (χ2v) is 4.11. The van der Waals surface area contributed by atoms with E-state index in [0.717, 1.165) is 5.56 Å². The average molecular weight is 254 g/mol. The fraction of sp³-hybridized carbons (Fsp3) is 0. The molecular formula is C14H10N2O3. The van der Waals surface area contributed by atoms with Crippen molar-refractivity contribution in [3.63, 3.8) is 0 Å². The van der Waals surface area contributed by atoms with Crippen LogP contribution in [0.1, 0.15) is 10.4 Å². The van der Waals surface area contributed by atoms with Crippen molar-refractivity contribution >= 4 is 11.5 Å². The molecule has 2 heterocycles. The molecule has 0 saturated heterocycles. The second-order valence-electron chi connectivity index (χ2n) is 4.11. The van der Waals surface area contributed by atoms with Gasteiger partial charge in [0.1, 0.15) is 17.1 Å². The van der Waals surface area contributed by atoms with Gasteiger partial charge < -0.3 is 10.2 Å². The van der Waals surface area contributed by atoms with Gasteiger partial charge in [0.2, 0.25) is 0 Å². The molecule has 3 aromatic rings. The van der Waals surface area contributed by atoms with Crippen molar-refractivity contribution in [3.8, 4) is 17.1 Å². The molecule has 0 aliphatic heterocycles. The lowest BCUT2D eigenvalue weighted by Crippen LogP contribution is -1.96. The number of hydrogen-bond donors (Lipinski definition) is 2. The molecule has 0 bridgehead atoms. The van der Waals surface area contributed by atoms with Gasteiger partial charge in [-0.3, -0.25) is 4.40 Å². The number of aromatic hydroxyl groups is 1. The predicted molar refractivity (Wildman–Crippen MR) is 69.3 cm³/mol. The minimum Gasteiger partial charge on any atom is -0.506 e. The normalized spacial score (nSPS) is 10.7. The van der Waals surface area contributed by atoms with Gasteiger partial charge in [-0.2, -0.15) is 0 Å². The van der Waals surface area contributed by atoms with E-state index < -0.39 is 5.97 Å². The summed E-state index contributed by atoms with van der Waals surface area (Å²) in [5.74, 6) is -0.150. The molecule has 2 N–H and O–H groups in total.